The summed E-state index contributed by atoms with van der Waals surface area (Å²) in [5, 5.41) is 0. The lowest BCUT2D eigenvalue weighted by molar-refractivity contribution is -0.0442. The van der Waals surface area contributed by atoms with E-state index in [0.717, 1.165) is 0 Å². The number of hydrogen-bond acceptors (Lipinski definition) is 8. The fourth-order valence-corrected chi connectivity index (χ4v) is 8.62. The molecule has 0 N–H and O–H groups in total. The number of rotatable bonds is 4. The van der Waals surface area contributed by atoms with Crippen molar-refractivity contribution in [3.05, 3.63) is 58.7 Å². The Morgan fingerprint density at radius 1 is 0.579 bits per heavy atom. The van der Waals surface area contributed by atoms with Crippen LogP contribution < -0.4 is 0 Å². The summed E-state index contributed by atoms with van der Waals surface area (Å²) in [6, 6.07) is 7.78. The maximum absolute atomic E-state index is 13.6. The Bertz CT molecular complexity index is 1400. The molecule has 12 heteroatoms. The van der Waals surface area contributed by atoms with Gasteiger partial charge in [0.05, 0.1) is 34.2 Å². The molecule has 38 heavy (non-hydrogen) atoms. The Morgan fingerprint density at radius 2 is 0.895 bits per heavy atom. The second-order valence-corrected chi connectivity index (χ2v) is 14.1. The van der Waals surface area contributed by atoms with E-state index in [1.165, 1.54) is 45.0 Å². The quantitative estimate of drug-likeness (QED) is 0.473. The summed E-state index contributed by atoms with van der Waals surface area (Å²) in [6.07, 6.45) is -1.17. The van der Waals surface area contributed by atoms with Crippen LogP contribution in [0.25, 0.3) is 0 Å². The van der Waals surface area contributed by atoms with Gasteiger partial charge in [-0.05, 0) is 64.1 Å². The Morgan fingerprint density at radius 3 is 1.24 bits per heavy atom. The molecule has 2 heterocycles. The minimum Gasteiger partial charge on any atom is -0.373 e. The zero-order valence-electron chi connectivity index (χ0n) is 21.6. The first-order valence-electron chi connectivity index (χ1n) is 12.5. The van der Waals surface area contributed by atoms with Gasteiger partial charge in [0.1, 0.15) is 0 Å². The lowest BCUT2D eigenvalue weighted by Crippen LogP contribution is -2.48. The van der Waals surface area contributed by atoms with Crippen molar-refractivity contribution in [1.29, 1.82) is 0 Å². The number of carbonyl (C=O) groups is 2. The normalized spacial score (nSPS) is 27.2. The number of ketones is 2. The van der Waals surface area contributed by atoms with E-state index in [1.807, 2.05) is 0 Å². The molecule has 10 nitrogen and oxygen atoms in total. The van der Waals surface area contributed by atoms with Crippen molar-refractivity contribution in [2.75, 3.05) is 26.2 Å². The van der Waals surface area contributed by atoms with E-state index in [2.05, 4.69) is 0 Å². The van der Waals surface area contributed by atoms with Gasteiger partial charge in [-0.15, -0.1) is 0 Å². The fourth-order valence-electron chi connectivity index (χ4n) is 5.38. The summed E-state index contributed by atoms with van der Waals surface area (Å²) in [7, 11) is -7.92. The average Bonchev–Trinajstić information content (AvgIpc) is 2.85. The number of carbonyl (C=O) groups excluding carboxylic acids is 2. The van der Waals surface area contributed by atoms with Crippen LogP contribution in [-0.4, -0.2) is 87.6 Å². The number of nitrogens with zero attached hydrogens (tertiary/aromatic N) is 2. The molecule has 204 valence electrons. The molecule has 0 aromatic heterocycles. The van der Waals surface area contributed by atoms with Gasteiger partial charge in [0.25, 0.3) is 0 Å². The number of benzene rings is 2. The number of morpholine rings is 2. The summed E-state index contributed by atoms with van der Waals surface area (Å²) in [6.45, 7) is 7.81. The monoisotopic (exact) mass is 562 g/mol. The van der Waals surface area contributed by atoms with Gasteiger partial charge in [0.15, 0.2) is 11.6 Å². The van der Waals surface area contributed by atoms with Crippen LogP contribution in [0.4, 0.5) is 0 Å². The molecule has 2 saturated heterocycles. The van der Waals surface area contributed by atoms with Crippen LogP contribution in [0, 0.1) is 0 Å². The minimum atomic E-state index is -3.96. The Hall–Kier alpha value is -2.48. The molecule has 4 unspecified atom stereocenters. The highest BCUT2D eigenvalue weighted by Crippen LogP contribution is 2.33. The largest absolute Gasteiger partial charge is 0.373 e. The first kappa shape index (κ1) is 27.1. The second kappa shape index (κ2) is 9.61. The van der Waals surface area contributed by atoms with Gasteiger partial charge < -0.3 is 9.47 Å². The SMILES string of the molecule is CC1CN(S(=O)(=O)c2ccc3c(c2)C(=O)c2cc(S(=O)(=O)N4CC(C)OC(C)C4)ccc2C3=O)CC(C)O1. The number of ether oxygens (including phenoxy) is 2. The maximum atomic E-state index is 13.6. The molecule has 0 spiro atoms. The van der Waals surface area contributed by atoms with E-state index in [1.54, 1.807) is 27.7 Å². The van der Waals surface area contributed by atoms with Gasteiger partial charge in [-0.2, -0.15) is 8.61 Å². The topological polar surface area (TPSA) is 127 Å². The molecule has 2 aromatic carbocycles. The van der Waals surface area contributed by atoms with Gasteiger partial charge in [0, 0.05) is 48.4 Å². The predicted octanol–water partition coefficient (Wildman–Crippen LogP) is 2.06. The highest BCUT2D eigenvalue weighted by atomic mass is 32.2. The summed E-state index contributed by atoms with van der Waals surface area (Å²) in [4.78, 5) is 26.6. The third-order valence-electron chi connectivity index (χ3n) is 7.01. The fraction of sp³-hybridized carbons (Fsp3) is 0.462. The van der Waals surface area contributed by atoms with Crippen molar-refractivity contribution in [3.63, 3.8) is 0 Å². The third kappa shape index (κ3) is 4.63. The summed E-state index contributed by atoms with van der Waals surface area (Å²) < 4.78 is 67.5. The van der Waals surface area contributed by atoms with Crippen molar-refractivity contribution in [3.8, 4) is 0 Å². The highest BCUT2D eigenvalue weighted by molar-refractivity contribution is 7.89. The zero-order valence-corrected chi connectivity index (χ0v) is 23.2. The third-order valence-corrected chi connectivity index (χ3v) is 10.7. The standard InChI is InChI=1S/C26H30N2O8S2/c1-15-11-27(12-16(2)35-15)37(31,32)19-5-7-21-23(9-19)26(30)24-10-20(6-8-22(24)25(21)29)38(33,34)28-13-17(3)36-18(4)14-28/h5-10,15-18H,11-14H2,1-4H3. The second-order valence-electron chi connectivity index (χ2n) is 10.2. The molecule has 0 radical (unpaired) electrons. The molecule has 2 aliphatic heterocycles. The van der Waals surface area contributed by atoms with Gasteiger partial charge in [0.2, 0.25) is 20.0 Å². The molecule has 2 aromatic rings. The molecule has 0 saturated carbocycles. The van der Waals surface area contributed by atoms with Crippen LogP contribution in [0.3, 0.4) is 0 Å². The van der Waals surface area contributed by atoms with Crippen LogP contribution in [0.15, 0.2) is 46.2 Å². The minimum absolute atomic E-state index is 0.0684. The molecule has 0 bridgehead atoms. The highest BCUT2D eigenvalue weighted by Gasteiger charge is 2.37. The Balaban J connectivity index is 1.51. The van der Waals surface area contributed by atoms with E-state index in [0.29, 0.717) is 0 Å². The summed E-state index contributed by atoms with van der Waals surface area (Å²) in [5.41, 5.74) is 0.0235. The van der Waals surface area contributed by atoms with Crippen molar-refractivity contribution in [1.82, 2.24) is 8.61 Å². The van der Waals surface area contributed by atoms with Crippen molar-refractivity contribution < 1.29 is 35.9 Å². The molecular weight excluding hydrogens is 532 g/mol. The van der Waals surface area contributed by atoms with E-state index < -0.39 is 31.6 Å². The van der Waals surface area contributed by atoms with E-state index in [-0.39, 0.29) is 82.6 Å². The van der Waals surface area contributed by atoms with Crippen LogP contribution >= 0.6 is 0 Å². The lowest BCUT2D eigenvalue weighted by Gasteiger charge is -2.34. The molecule has 0 amide bonds. The van der Waals surface area contributed by atoms with Gasteiger partial charge in [-0.3, -0.25) is 9.59 Å². The molecule has 3 aliphatic rings. The van der Waals surface area contributed by atoms with E-state index in [9.17, 15) is 26.4 Å². The first-order valence-corrected chi connectivity index (χ1v) is 15.4. The molecular formula is C26H30N2O8S2. The average molecular weight is 563 g/mol. The Kier molecular flexibility index (Phi) is 6.86. The van der Waals surface area contributed by atoms with Gasteiger partial charge in [-0.25, -0.2) is 16.8 Å². The summed E-state index contributed by atoms with van der Waals surface area (Å²) >= 11 is 0. The number of sulfonamides is 2. The summed E-state index contributed by atoms with van der Waals surface area (Å²) in [5.74, 6) is -1.07. The Labute approximate surface area is 222 Å². The first-order chi connectivity index (χ1) is 17.8. The molecule has 5 rings (SSSR count). The predicted molar refractivity (Wildman–Crippen MR) is 137 cm³/mol. The molecule has 2 fully saturated rings. The number of fused-ring (bicyclic) bond motifs is 2. The molecule has 1 aliphatic carbocycles. The zero-order chi connectivity index (χ0) is 27.6. The van der Waals surface area contributed by atoms with Crippen molar-refractivity contribution in [2.24, 2.45) is 0 Å². The maximum Gasteiger partial charge on any atom is 0.243 e. The smallest absolute Gasteiger partial charge is 0.243 e. The van der Waals surface area contributed by atoms with Gasteiger partial charge in [-0.1, -0.05) is 0 Å². The van der Waals surface area contributed by atoms with E-state index in [4.69, 9.17) is 9.47 Å². The van der Waals surface area contributed by atoms with Crippen molar-refractivity contribution >= 4 is 31.6 Å². The van der Waals surface area contributed by atoms with Crippen LogP contribution in [-0.2, 0) is 29.5 Å². The number of hydrogen-bond donors (Lipinski definition) is 0. The van der Waals surface area contributed by atoms with Crippen LogP contribution in [0.5, 0.6) is 0 Å². The van der Waals surface area contributed by atoms with Crippen LogP contribution in [0.1, 0.15) is 59.5 Å². The van der Waals surface area contributed by atoms with Gasteiger partial charge >= 0.3 is 0 Å². The van der Waals surface area contributed by atoms with Crippen LogP contribution in [0.2, 0.25) is 0 Å². The molecule has 4 atom stereocenters. The van der Waals surface area contributed by atoms with Crippen molar-refractivity contribution in [2.45, 2.75) is 61.9 Å². The lowest BCUT2D eigenvalue weighted by atomic mass is 9.84. The van der Waals surface area contributed by atoms with E-state index >= 15 is 0 Å².